The zero-order valence-electron chi connectivity index (χ0n) is 10.4. The minimum absolute atomic E-state index is 0.0924. The number of nitrogens with two attached hydrogens (primary N) is 1. The molecule has 2 heterocycles. The Morgan fingerprint density at radius 3 is 2.84 bits per heavy atom. The van der Waals surface area contributed by atoms with E-state index in [1.54, 1.807) is 6.92 Å². The minimum atomic E-state index is -1.17. The smallest absolute Gasteiger partial charge is 0.351 e. The fourth-order valence-electron chi connectivity index (χ4n) is 2.19. The summed E-state index contributed by atoms with van der Waals surface area (Å²) in [4.78, 5) is 15.3. The minimum Gasteiger partial charge on any atom is -0.393 e. The Labute approximate surface area is 114 Å². The summed E-state index contributed by atoms with van der Waals surface area (Å²) in [6.45, 7) is 1.37. The maximum Gasteiger partial charge on any atom is 0.351 e. The molecule has 0 spiro atoms. The van der Waals surface area contributed by atoms with Gasteiger partial charge in [0.25, 0.3) is 0 Å². The van der Waals surface area contributed by atoms with Crippen molar-refractivity contribution < 1.29 is 14.9 Å². The van der Waals surface area contributed by atoms with Crippen molar-refractivity contribution in [3.05, 3.63) is 22.7 Å². The summed E-state index contributed by atoms with van der Waals surface area (Å²) in [6.07, 6.45) is -0.217. The van der Waals surface area contributed by atoms with Crippen LogP contribution < -0.4 is 11.4 Å². The van der Waals surface area contributed by atoms with Gasteiger partial charge in [0.05, 0.1) is 6.61 Å². The van der Waals surface area contributed by atoms with E-state index in [4.69, 9.17) is 22.1 Å². The average molecular weight is 290 g/mol. The Bertz CT molecular complexity index is 517. The predicted molar refractivity (Wildman–Crippen MR) is 68.8 cm³/mol. The lowest BCUT2D eigenvalue weighted by molar-refractivity contribution is -0.130. The van der Waals surface area contributed by atoms with E-state index >= 15 is 0 Å². The number of ether oxygens (including phenoxy) is 1. The highest BCUT2D eigenvalue weighted by molar-refractivity contribution is 6.21. The number of nitrogens with zero attached hydrogens (tertiary/aromatic N) is 2. The van der Waals surface area contributed by atoms with Gasteiger partial charge in [0, 0.05) is 6.20 Å². The highest BCUT2D eigenvalue weighted by Crippen LogP contribution is 2.41. The summed E-state index contributed by atoms with van der Waals surface area (Å²) in [5.41, 5.74) is 3.62. The van der Waals surface area contributed by atoms with E-state index in [0.717, 1.165) is 4.57 Å². The maximum atomic E-state index is 11.8. The van der Waals surface area contributed by atoms with Gasteiger partial charge < -0.3 is 20.7 Å². The van der Waals surface area contributed by atoms with Crippen molar-refractivity contribution in [2.75, 3.05) is 12.3 Å². The molecule has 8 heteroatoms. The molecule has 1 fully saturated rings. The van der Waals surface area contributed by atoms with E-state index in [1.807, 2.05) is 0 Å². The SMILES string of the molecule is CC[C@]1(CO)O[C@@H](n2ccc(N)nc2=O)[C@H](Cl)[C@@H]1O. The van der Waals surface area contributed by atoms with Gasteiger partial charge in [-0.1, -0.05) is 6.92 Å². The summed E-state index contributed by atoms with van der Waals surface area (Å²) >= 11 is 6.11. The molecule has 0 radical (unpaired) electrons. The van der Waals surface area contributed by atoms with Crippen LogP contribution in [-0.2, 0) is 4.74 Å². The fraction of sp³-hybridized carbons (Fsp3) is 0.636. The Balaban J connectivity index is 2.39. The predicted octanol–water partition coefficient (Wildman–Crippen LogP) is -0.536. The van der Waals surface area contributed by atoms with Crippen LogP contribution in [0.25, 0.3) is 0 Å². The number of anilines is 1. The molecule has 0 unspecified atom stereocenters. The third kappa shape index (κ3) is 2.23. The van der Waals surface area contributed by atoms with E-state index in [-0.39, 0.29) is 12.4 Å². The lowest BCUT2D eigenvalue weighted by Gasteiger charge is -2.28. The lowest BCUT2D eigenvalue weighted by atomic mass is 9.94. The molecule has 0 amide bonds. The number of rotatable bonds is 3. The van der Waals surface area contributed by atoms with E-state index in [0.29, 0.717) is 6.42 Å². The number of aromatic nitrogens is 2. The molecule has 7 nitrogen and oxygen atoms in total. The molecule has 1 aliphatic heterocycles. The number of halogens is 1. The average Bonchev–Trinajstić information content (AvgIpc) is 2.64. The van der Waals surface area contributed by atoms with E-state index in [1.165, 1.54) is 12.3 Å². The molecule has 2 rings (SSSR count). The highest BCUT2D eigenvalue weighted by Gasteiger charge is 2.53. The molecule has 1 aromatic rings. The Morgan fingerprint density at radius 1 is 1.68 bits per heavy atom. The Kier molecular flexibility index (Phi) is 3.82. The first-order valence-electron chi connectivity index (χ1n) is 5.90. The molecule has 4 atom stereocenters. The van der Waals surface area contributed by atoms with Gasteiger partial charge in [0.2, 0.25) is 0 Å². The van der Waals surface area contributed by atoms with E-state index < -0.39 is 29.0 Å². The van der Waals surface area contributed by atoms with Gasteiger partial charge in [-0.3, -0.25) is 4.57 Å². The van der Waals surface area contributed by atoms with Gasteiger partial charge in [-0.25, -0.2) is 4.79 Å². The van der Waals surface area contributed by atoms with Gasteiger partial charge in [-0.05, 0) is 12.5 Å². The normalized spacial score (nSPS) is 34.6. The topological polar surface area (TPSA) is 111 Å². The van der Waals surface area contributed by atoms with Crippen LogP contribution in [0.15, 0.2) is 17.1 Å². The van der Waals surface area contributed by atoms with Crippen molar-refractivity contribution in [2.24, 2.45) is 0 Å². The quantitative estimate of drug-likeness (QED) is 0.645. The second-order valence-electron chi connectivity index (χ2n) is 4.52. The first kappa shape index (κ1) is 14.3. The molecule has 4 N–H and O–H groups in total. The van der Waals surface area contributed by atoms with Crippen molar-refractivity contribution in [2.45, 2.75) is 36.7 Å². The number of alkyl halides is 1. The third-order valence-electron chi connectivity index (χ3n) is 3.46. The number of aliphatic hydroxyl groups is 2. The van der Waals surface area contributed by atoms with E-state index in [9.17, 15) is 15.0 Å². The van der Waals surface area contributed by atoms with Gasteiger partial charge in [-0.15, -0.1) is 11.6 Å². The third-order valence-corrected chi connectivity index (χ3v) is 3.91. The molecule has 0 aliphatic carbocycles. The second kappa shape index (κ2) is 5.09. The van der Waals surface area contributed by atoms with Gasteiger partial charge in [-0.2, -0.15) is 4.98 Å². The number of hydrogen-bond acceptors (Lipinski definition) is 6. The molecule has 1 aliphatic rings. The Hall–Kier alpha value is -1.15. The monoisotopic (exact) mass is 289 g/mol. The fourth-order valence-corrected chi connectivity index (χ4v) is 2.59. The number of hydrogen-bond donors (Lipinski definition) is 3. The molecular weight excluding hydrogens is 274 g/mol. The number of nitrogen functional groups attached to an aromatic ring is 1. The van der Waals surface area contributed by atoms with Crippen molar-refractivity contribution in [3.63, 3.8) is 0 Å². The zero-order chi connectivity index (χ0) is 14.2. The second-order valence-corrected chi connectivity index (χ2v) is 5.02. The van der Waals surface area contributed by atoms with Crippen molar-refractivity contribution >= 4 is 17.4 Å². The first-order chi connectivity index (χ1) is 8.95. The molecule has 1 aromatic heterocycles. The molecular formula is C11H16ClN3O4. The van der Waals surface area contributed by atoms with Crippen LogP contribution in [0.4, 0.5) is 5.82 Å². The van der Waals surface area contributed by atoms with E-state index in [2.05, 4.69) is 4.98 Å². The van der Waals surface area contributed by atoms with Crippen LogP contribution in [0.1, 0.15) is 19.6 Å². The molecule has 106 valence electrons. The van der Waals surface area contributed by atoms with Crippen LogP contribution in [0.3, 0.4) is 0 Å². The summed E-state index contributed by atoms with van der Waals surface area (Å²) in [7, 11) is 0. The molecule has 1 saturated heterocycles. The summed E-state index contributed by atoms with van der Waals surface area (Å²) in [6, 6.07) is 1.44. The largest absolute Gasteiger partial charge is 0.393 e. The Morgan fingerprint density at radius 2 is 2.37 bits per heavy atom. The summed E-state index contributed by atoms with van der Waals surface area (Å²) < 4.78 is 6.79. The lowest BCUT2D eigenvalue weighted by Crippen LogP contribution is -2.44. The van der Waals surface area contributed by atoms with Gasteiger partial charge in [0.1, 0.15) is 22.9 Å². The van der Waals surface area contributed by atoms with Crippen LogP contribution >= 0.6 is 11.6 Å². The van der Waals surface area contributed by atoms with Crippen molar-refractivity contribution in [3.8, 4) is 0 Å². The standard InChI is InChI=1S/C11H16ClN3O4/c1-2-11(5-16)8(17)7(12)9(19-11)15-4-3-6(13)14-10(15)18/h3-4,7-9,16-17H,2,5H2,1H3,(H2,13,14,18)/t7-,8+,9-,11-/m1/s1. The first-order valence-corrected chi connectivity index (χ1v) is 6.34. The maximum absolute atomic E-state index is 11.8. The van der Waals surface area contributed by atoms with Crippen LogP contribution in [0.2, 0.25) is 0 Å². The van der Waals surface area contributed by atoms with Crippen molar-refractivity contribution in [1.29, 1.82) is 0 Å². The number of aliphatic hydroxyl groups excluding tert-OH is 2. The highest BCUT2D eigenvalue weighted by atomic mass is 35.5. The molecule has 19 heavy (non-hydrogen) atoms. The van der Waals surface area contributed by atoms with Crippen molar-refractivity contribution in [1.82, 2.24) is 9.55 Å². The van der Waals surface area contributed by atoms with Gasteiger partial charge in [0.15, 0.2) is 6.23 Å². The van der Waals surface area contributed by atoms with Crippen LogP contribution in [0, 0.1) is 0 Å². The summed E-state index contributed by atoms with van der Waals surface area (Å²) in [5, 5.41) is 18.7. The van der Waals surface area contributed by atoms with Gasteiger partial charge >= 0.3 is 5.69 Å². The van der Waals surface area contributed by atoms with Crippen LogP contribution in [0.5, 0.6) is 0 Å². The molecule has 0 aromatic carbocycles. The zero-order valence-corrected chi connectivity index (χ0v) is 11.1. The van der Waals surface area contributed by atoms with Crippen LogP contribution in [-0.4, -0.2) is 43.5 Å². The molecule has 0 bridgehead atoms. The molecule has 0 saturated carbocycles. The summed E-state index contributed by atoms with van der Waals surface area (Å²) in [5.74, 6) is 0.0924.